The van der Waals surface area contributed by atoms with E-state index in [4.69, 9.17) is 0 Å². The summed E-state index contributed by atoms with van der Waals surface area (Å²) in [6.07, 6.45) is 2.02. The zero-order valence-corrected chi connectivity index (χ0v) is 16.3. The van der Waals surface area contributed by atoms with Crippen molar-refractivity contribution in [2.75, 3.05) is 6.54 Å². The molecule has 1 aliphatic heterocycles. The number of aryl methyl sites for hydroxylation is 1. The largest absolute Gasteiger partial charge is 0.352 e. The van der Waals surface area contributed by atoms with Crippen LogP contribution in [0.4, 0.5) is 4.79 Å². The number of hydrogen-bond donors (Lipinski definition) is 2. The van der Waals surface area contributed by atoms with E-state index in [9.17, 15) is 14.4 Å². The van der Waals surface area contributed by atoms with Crippen LogP contribution < -0.4 is 10.6 Å². The molecule has 1 saturated heterocycles. The van der Waals surface area contributed by atoms with Crippen LogP contribution in [0.25, 0.3) is 0 Å². The molecular weight excluding hydrogens is 330 g/mol. The lowest BCUT2D eigenvalue weighted by Gasteiger charge is -2.23. The van der Waals surface area contributed by atoms with Crippen molar-refractivity contribution in [1.29, 1.82) is 0 Å². The van der Waals surface area contributed by atoms with E-state index in [1.807, 2.05) is 45.0 Å². The highest BCUT2D eigenvalue weighted by molar-refractivity contribution is 6.09. The van der Waals surface area contributed by atoms with Crippen molar-refractivity contribution in [1.82, 2.24) is 15.5 Å². The molecule has 4 amide bonds. The summed E-state index contributed by atoms with van der Waals surface area (Å²) in [5.74, 6) is -0.468. The Bertz CT molecular complexity index is 684. The summed E-state index contributed by atoms with van der Waals surface area (Å²) >= 11 is 0. The molecular formula is C20H29N3O3. The number of nitrogens with one attached hydrogen (secondary N) is 2. The Kier molecular flexibility index (Phi) is 6.05. The maximum Gasteiger partial charge on any atom is 0.325 e. The zero-order valence-electron chi connectivity index (χ0n) is 16.3. The third-order valence-electron chi connectivity index (χ3n) is 5.04. The fraction of sp³-hybridized carbons (Fsp3) is 0.550. The number of carbonyl (C=O) groups excluding carboxylic acids is 3. The lowest BCUT2D eigenvalue weighted by molar-refractivity contribution is -0.135. The lowest BCUT2D eigenvalue weighted by atomic mass is 9.91. The Hall–Kier alpha value is -2.37. The van der Waals surface area contributed by atoms with Gasteiger partial charge in [-0.3, -0.25) is 14.5 Å². The van der Waals surface area contributed by atoms with Gasteiger partial charge in [-0.25, -0.2) is 4.79 Å². The van der Waals surface area contributed by atoms with Crippen LogP contribution in [-0.4, -0.2) is 35.3 Å². The van der Waals surface area contributed by atoms with Crippen molar-refractivity contribution in [2.24, 2.45) is 5.92 Å². The Balaban J connectivity index is 2.12. The first kappa shape index (κ1) is 19.9. The average molecular weight is 359 g/mol. The maximum atomic E-state index is 12.9. The van der Waals surface area contributed by atoms with Crippen molar-refractivity contribution in [3.05, 3.63) is 35.4 Å². The van der Waals surface area contributed by atoms with E-state index >= 15 is 0 Å². The molecule has 0 aliphatic carbocycles. The van der Waals surface area contributed by atoms with Gasteiger partial charge in [0.05, 0.1) is 0 Å². The van der Waals surface area contributed by atoms with E-state index < -0.39 is 17.5 Å². The Labute approximate surface area is 155 Å². The van der Waals surface area contributed by atoms with Crippen LogP contribution in [0, 0.1) is 5.92 Å². The number of rotatable bonds is 7. The minimum atomic E-state index is -1.15. The van der Waals surface area contributed by atoms with Gasteiger partial charge in [0.1, 0.15) is 12.1 Å². The second-order valence-electron chi connectivity index (χ2n) is 7.49. The van der Waals surface area contributed by atoms with E-state index in [1.54, 1.807) is 6.92 Å². The molecule has 6 heteroatoms. The van der Waals surface area contributed by atoms with Gasteiger partial charge in [0.2, 0.25) is 5.91 Å². The average Bonchev–Trinajstić information content (AvgIpc) is 2.80. The smallest absolute Gasteiger partial charge is 0.325 e. The van der Waals surface area contributed by atoms with Crippen LogP contribution in [-0.2, 0) is 21.5 Å². The summed E-state index contributed by atoms with van der Waals surface area (Å²) < 4.78 is 0. The van der Waals surface area contributed by atoms with Crippen LogP contribution in [0.2, 0.25) is 0 Å². The van der Waals surface area contributed by atoms with Gasteiger partial charge in [-0.2, -0.15) is 0 Å². The fourth-order valence-electron chi connectivity index (χ4n) is 2.94. The van der Waals surface area contributed by atoms with Gasteiger partial charge in [-0.15, -0.1) is 0 Å². The predicted octanol–water partition coefficient (Wildman–Crippen LogP) is 2.57. The molecule has 1 aromatic carbocycles. The summed E-state index contributed by atoms with van der Waals surface area (Å²) in [5, 5.41) is 5.56. The molecule has 2 N–H and O–H groups in total. The molecule has 0 radical (unpaired) electrons. The number of urea groups is 1. The zero-order chi connectivity index (χ0) is 19.5. The molecule has 1 heterocycles. The van der Waals surface area contributed by atoms with Gasteiger partial charge in [-0.05, 0) is 37.3 Å². The molecule has 0 bridgehead atoms. The second-order valence-corrected chi connectivity index (χ2v) is 7.49. The summed E-state index contributed by atoms with van der Waals surface area (Å²) in [7, 11) is 0. The highest BCUT2D eigenvalue weighted by Gasteiger charge is 2.49. The number of nitrogens with zero attached hydrogens (tertiary/aromatic N) is 1. The van der Waals surface area contributed by atoms with Gasteiger partial charge < -0.3 is 10.6 Å². The standard InChI is InChI=1S/C20H29N3O3/c1-6-7-15-8-10-16(11-9-15)20(5)18(25)23(19(26)22-20)12-17(24)21-14(4)13(2)3/h8-11,13-14H,6-7,12H2,1-5H3,(H,21,24)(H,22,26). The molecule has 2 unspecified atom stereocenters. The first-order chi connectivity index (χ1) is 12.2. The molecule has 0 saturated carbocycles. The van der Waals surface area contributed by atoms with Gasteiger partial charge in [0.15, 0.2) is 0 Å². The quantitative estimate of drug-likeness (QED) is 0.735. The van der Waals surface area contributed by atoms with Crippen LogP contribution in [0.5, 0.6) is 0 Å². The molecule has 1 aromatic rings. The minimum Gasteiger partial charge on any atom is -0.352 e. The first-order valence-corrected chi connectivity index (χ1v) is 9.22. The van der Waals surface area contributed by atoms with Crippen molar-refractivity contribution >= 4 is 17.8 Å². The molecule has 0 aromatic heterocycles. The number of carbonyl (C=O) groups is 3. The third kappa shape index (κ3) is 4.06. The predicted molar refractivity (Wildman–Crippen MR) is 100 cm³/mol. The van der Waals surface area contributed by atoms with Gasteiger partial charge in [0.25, 0.3) is 5.91 Å². The number of amides is 4. The highest BCUT2D eigenvalue weighted by Crippen LogP contribution is 2.29. The van der Waals surface area contributed by atoms with Crippen LogP contribution in [0.15, 0.2) is 24.3 Å². The van der Waals surface area contributed by atoms with Gasteiger partial charge in [0, 0.05) is 6.04 Å². The van der Waals surface area contributed by atoms with Gasteiger partial charge >= 0.3 is 6.03 Å². The normalized spacial score (nSPS) is 21.1. The van der Waals surface area contributed by atoms with Crippen molar-refractivity contribution in [3.63, 3.8) is 0 Å². The van der Waals surface area contributed by atoms with Crippen LogP contribution >= 0.6 is 0 Å². The summed E-state index contributed by atoms with van der Waals surface area (Å²) in [6.45, 7) is 9.41. The Morgan fingerprint density at radius 1 is 1.19 bits per heavy atom. The summed E-state index contributed by atoms with van der Waals surface area (Å²) in [6, 6.07) is 7.12. The number of hydrogen-bond acceptors (Lipinski definition) is 3. The van der Waals surface area contributed by atoms with E-state index in [0.29, 0.717) is 5.56 Å². The monoisotopic (exact) mass is 359 g/mol. The molecule has 0 spiro atoms. The molecule has 2 atom stereocenters. The van der Waals surface area contributed by atoms with Crippen molar-refractivity contribution in [3.8, 4) is 0 Å². The van der Waals surface area contributed by atoms with Crippen LogP contribution in [0.3, 0.4) is 0 Å². The Morgan fingerprint density at radius 2 is 1.81 bits per heavy atom. The SMILES string of the molecule is CCCc1ccc(C2(C)NC(=O)N(CC(=O)NC(C)C(C)C)C2=O)cc1. The molecule has 6 nitrogen and oxygen atoms in total. The lowest BCUT2D eigenvalue weighted by Crippen LogP contribution is -2.46. The molecule has 2 rings (SSSR count). The maximum absolute atomic E-state index is 12.9. The number of benzene rings is 1. The molecule has 1 aliphatic rings. The second kappa shape index (κ2) is 7.89. The summed E-state index contributed by atoms with van der Waals surface area (Å²) in [4.78, 5) is 38.4. The highest BCUT2D eigenvalue weighted by atomic mass is 16.2. The van der Waals surface area contributed by atoms with Crippen LogP contribution in [0.1, 0.15) is 52.2 Å². The first-order valence-electron chi connectivity index (χ1n) is 9.22. The minimum absolute atomic E-state index is 0.0271. The van der Waals surface area contributed by atoms with Crippen molar-refractivity contribution < 1.29 is 14.4 Å². The molecule has 1 fully saturated rings. The van der Waals surface area contributed by atoms with E-state index in [-0.39, 0.29) is 24.4 Å². The number of imide groups is 1. The van der Waals surface area contributed by atoms with Gasteiger partial charge in [-0.1, -0.05) is 51.5 Å². The van der Waals surface area contributed by atoms with E-state index in [2.05, 4.69) is 17.6 Å². The Morgan fingerprint density at radius 3 is 2.35 bits per heavy atom. The molecule has 26 heavy (non-hydrogen) atoms. The summed E-state index contributed by atoms with van der Waals surface area (Å²) in [5.41, 5.74) is 0.760. The van der Waals surface area contributed by atoms with E-state index in [1.165, 1.54) is 5.56 Å². The topological polar surface area (TPSA) is 78.5 Å². The van der Waals surface area contributed by atoms with Crippen molar-refractivity contribution in [2.45, 2.75) is 59.0 Å². The third-order valence-corrected chi connectivity index (χ3v) is 5.04. The fourth-order valence-corrected chi connectivity index (χ4v) is 2.94. The molecule has 142 valence electrons. The van der Waals surface area contributed by atoms with E-state index in [0.717, 1.165) is 17.7 Å².